The first kappa shape index (κ1) is 46.3. The zero-order valence-corrected chi connectivity index (χ0v) is 38.9. The third-order valence-corrected chi connectivity index (χ3v) is 13.2. The molecule has 18 heteroatoms. The number of nitrogens with one attached hydrogen (secondary N) is 4. The lowest BCUT2D eigenvalue weighted by Crippen LogP contribution is -2.44. The summed E-state index contributed by atoms with van der Waals surface area (Å²) in [6.45, 7) is 12.4. The number of pyridine rings is 2. The molecule has 0 spiro atoms. The maximum absolute atomic E-state index is 13.6. The molecular weight excluding hydrogens is 849 g/mol. The van der Waals surface area contributed by atoms with Gasteiger partial charge in [-0.15, -0.1) is 0 Å². The highest BCUT2D eigenvalue weighted by Crippen LogP contribution is 2.33. The average Bonchev–Trinajstić information content (AvgIpc) is 3.97. The number of aromatic nitrogens is 6. The van der Waals surface area contributed by atoms with Crippen LogP contribution in [0.3, 0.4) is 0 Å². The second kappa shape index (κ2) is 20.5. The molecule has 8 rings (SSSR count). The van der Waals surface area contributed by atoms with E-state index in [0.29, 0.717) is 69.7 Å². The number of aryl methyl sites for hydroxylation is 4. The van der Waals surface area contributed by atoms with Gasteiger partial charge in [0.15, 0.2) is 11.3 Å². The van der Waals surface area contributed by atoms with Crippen molar-refractivity contribution in [3.05, 3.63) is 106 Å². The molecule has 2 saturated heterocycles. The fraction of sp³-hybridized carbons (Fsp3) is 0.429. The monoisotopic (exact) mass is 911 g/mol. The normalized spacial score (nSPS) is 14.7. The standard InChI is InChI=1S/C49H62N14O4/c1-5-40-36(42(38-28-54-62(7-3)44(38)58-40)56-34-17-21-60(22-18-34)48(50)66)26-52-46(64)32-13-9-30(10-14-32)25-31-11-15-33(16-12-31)47(65)53-27-37-41(6-2)59-45-39(29-55-63(45)8-4)43(37)57-35-19-23-61(24-20-35)49(51)67/h9-16,28-29,34-35H,5-8,17-27H2,1-4H3,(H2,50,66)(H2,51,67)(H,52,64)(H,53,65)(H,56,58)(H,57,59). The molecule has 352 valence electrons. The molecule has 0 unspecified atom stereocenters. The molecule has 2 fully saturated rings. The van der Waals surface area contributed by atoms with Crippen molar-refractivity contribution >= 4 is 57.3 Å². The number of fused-ring (bicyclic) bond motifs is 2. The molecule has 0 aliphatic carbocycles. The SMILES string of the molecule is CCc1nc2c(cnn2CC)c(NC2CCN(C(N)=O)CC2)c1CNC(=O)c1ccc(Cc2ccc(C(=O)NCc3c(CC)nc4c(cnn4CC)c3NC3CCN(C(N)=O)CC3)cc2)cc1. The molecule has 0 saturated carbocycles. The average molecular weight is 911 g/mol. The quantitative estimate of drug-likeness (QED) is 0.0693. The molecule has 6 heterocycles. The molecule has 6 aromatic rings. The van der Waals surface area contributed by atoms with E-state index >= 15 is 0 Å². The van der Waals surface area contributed by atoms with E-state index in [1.54, 1.807) is 9.80 Å². The molecule has 8 N–H and O–H groups in total. The van der Waals surface area contributed by atoms with Gasteiger partial charge in [0, 0.05) is 98.1 Å². The minimum Gasteiger partial charge on any atom is -0.381 e. The fourth-order valence-electron chi connectivity index (χ4n) is 9.33. The summed E-state index contributed by atoms with van der Waals surface area (Å²) in [4.78, 5) is 64.1. The smallest absolute Gasteiger partial charge is 0.314 e. The Hall–Kier alpha value is -7.24. The summed E-state index contributed by atoms with van der Waals surface area (Å²) >= 11 is 0. The van der Waals surface area contributed by atoms with Gasteiger partial charge in [0.1, 0.15) is 0 Å². The van der Waals surface area contributed by atoms with Crippen LogP contribution < -0.4 is 32.7 Å². The van der Waals surface area contributed by atoms with Crippen LogP contribution in [0.25, 0.3) is 22.1 Å². The van der Waals surface area contributed by atoms with Crippen LogP contribution in [0.5, 0.6) is 0 Å². The third-order valence-electron chi connectivity index (χ3n) is 13.2. The van der Waals surface area contributed by atoms with E-state index < -0.39 is 12.1 Å². The van der Waals surface area contributed by atoms with Gasteiger partial charge >= 0.3 is 12.1 Å². The number of rotatable bonds is 16. The van der Waals surface area contributed by atoms with Crippen molar-refractivity contribution in [1.29, 1.82) is 0 Å². The Morgan fingerprint density at radius 2 is 0.955 bits per heavy atom. The molecule has 2 aromatic carbocycles. The van der Waals surface area contributed by atoms with Gasteiger partial charge in [0.05, 0.1) is 34.5 Å². The first-order valence-electron chi connectivity index (χ1n) is 23.6. The Kier molecular flexibility index (Phi) is 14.2. The van der Waals surface area contributed by atoms with Crippen LogP contribution in [0.15, 0.2) is 60.9 Å². The van der Waals surface area contributed by atoms with E-state index in [9.17, 15) is 19.2 Å². The minimum atomic E-state index is -0.401. The third kappa shape index (κ3) is 10.1. The molecule has 4 aromatic heterocycles. The number of carbonyl (C=O) groups excluding carboxylic acids is 4. The van der Waals surface area contributed by atoms with Crippen molar-refractivity contribution in [2.45, 2.75) is 111 Å². The maximum atomic E-state index is 13.6. The second-order valence-electron chi connectivity index (χ2n) is 17.4. The minimum absolute atomic E-state index is 0.117. The van der Waals surface area contributed by atoms with Crippen LogP contribution in [0, 0.1) is 0 Å². The number of likely N-dealkylation sites (tertiary alicyclic amines) is 2. The number of carbonyl (C=O) groups is 4. The predicted octanol–water partition coefficient (Wildman–Crippen LogP) is 5.70. The molecule has 2 aliphatic rings. The number of hydrogen-bond acceptors (Lipinski definition) is 10. The number of piperidine rings is 2. The van der Waals surface area contributed by atoms with Crippen molar-refractivity contribution in [2.75, 3.05) is 36.8 Å². The first-order valence-corrected chi connectivity index (χ1v) is 23.6. The second-order valence-corrected chi connectivity index (χ2v) is 17.4. The van der Waals surface area contributed by atoms with Crippen LogP contribution in [0.2, 0.25) is 0 Å². The Bertz CT molecular complexity index is 2560. The molecule has 0 atom stereocenters. The van der Waals surface area contributed by atoms with E-state index in [4.69, 9.17) is 21.4 Å². The van der Waals surface area contributed by atoms with Gasteiger partial charge in [0.25, 0.3) is 11.8 Å². The molecule has 0 bridgehead atoms. The summed E-state index contributed by atoms with van der Waals surface area (Å²) in [6.07, 6.45) is 8.64. The summed E-state index contributed by atoms with van der Waals surface area (Å²) in [7, 11) is 0. The van der Waals surface area contributed by atoms with Crippen LogP contribution in [0.4, 0.5) is 21.0 Å². The molecule has 2 aliphatic heterocycles. The number of hydrogen-bond donors (Lipinski definition) is 6. The lowest BCUT2D eigenvalue weighted by Gasteiger charge is -2.32. The first-order chi connectivity index (χ1) is 32.5. The molecule has 6 amide bonds. The number of anilines is 2. The van der Waals surface area contributed by atoms with Crippen molar-refractivity contribution in [1.82, 2.24) is 50.0 Å². The highest BCUT2D eigenvalue weighted by Gasteiger charge is 2.27. The maximum Gasteiger partial charge on any atom is 0.314 e. The lowest BCUT2D eigenvalue weighted by atomic mass is 10.0. The van der Waals surface area contributed by atoms with Gasteiger partial charge in [-0.05, 0) is 94.2 Å². The van der Waals surface area contributed by atoms with Gasteiger partial charge in [-0.3, -0.25) is 9.59 Å². The van der Waals surface area contributed by atoms with Crippen LogP contribution in [0.1, 0.15) is 108 Å². The Balaban J connectivity index is 0.902. The van der Waals surface area contributed by atoms with Gasteiger partial charge in [0.2, 0.25) is 0 Å². The number of urea groups is 2. The number of primary amides is 2. The zero-order chi connectivity index (χ0) is 47.2. The van der Waals surface area contributed by atoms with Crippen LogP contribution in [-0.2, 0) is 45.4 Å². The van der Waals surface area contributed by atoms with Crippen LogP contribution in [-0.4, -0.2) is 101 Å². The van der Waals surface area contributed by atoms with E-state index in [1.165, 1.54) is 0 Å². The van der Waals surface area contributed by atoms with Crippen molar-refractivity contribution in [3.8, 4) is 0 Å². The molecular formula is C49H62N14O4. The zero-order valence-electron chi connectivity index (χ0n) is 38.9. The highest BCUT2D eigenvalue weighted by atomic mass is 16.2. The van der Waals surface area contributed by atoms with E-state index in [1.807, 2.05) is 84.1 Å². The Morgan fingerprint density at radius 3 is 1.28 bits per heavy atom. The van der Waals surface area contributed by atoms with E-state index in [-0.39, 0.29) is 37.0 Å². The fourth-order valence-corrected chi connectivity index (χ4v) is 9.33. The topological polar surface area (TPSA) is 236 Å². The number of amides is 6. The largest absolute Gasteiger partial charge is 0.381 e. The van der Waals surface area contributed by atoms with Crippen molar-refractivity contribution in [3.63, 3.8) is 0 Å². The number of nitrogens with zero attached hydrogens (tertiary/aromatic N) is 8. The summed E-state index contributed by atoms with van der Waals surface area (Å²) in [5.41, 5.74) is 21.3. The van der Waals surface area contributed by atoms with Crippen molar-refractivity contribution < 1.29 is 19.2 Å². The lowest BCUT2D eigenvalue weighted by molar-refractivity contribution is 0.0943. The Labute approximate surface area is 390 Å². The molecule has 18 nitrogen and oxygen atoms in total. The number of benzene rings is 2. The summed E-state index contributed by atoms with van der Waals surface area (Å²) in [5, 5.41) is 24.8. The highest BCUT2D eigenvalue weighted by molar-refractivity contribution is 5.96. The Morgan fingerprint density at radius 1 is 0.582 bits per heavy atom. The van der Waals surface area contributed by atoms with Gasteiger partial charge in [-0.2, -0.15) is 10.2 Å². The summed E-state index contributed by atoms with van der Waals surface area (Å²) in [5.74, 6) is -0.388. The molecule has 0 radical (unpaired) electrons. The van der Waals surface area contributed by atoms with E-state index in [0.717, 1.165) is 92.8 Å². The summed E-state index contributed by atoms with van der Waals surface area (Å²) in [6, 6.07) is 14.6. The predicted molar refractivity (Wildman–Crippen MR) is 259 cm³/mol. The van der Waals surface area contributed by atoms with Crippen LogP contribution >= 0.6 is 0 Å². The number of nitrogens with two attached hydrogens (primary N) is 2. The van der Waals surface area contributed by atoms with E-state index in [2.05, 4.69) is 45.3 Å². The van der Waals surface area contributed by atoms with Gasteiger partial charge in [-0.25, -0.2) is 28.9 Å². The van der Waals surface area contributed by atoms with Gasteiger partial charge in [-0.1, -0.05) is 38.1 Å². The summed E-state index contributed by atoms with van der Waals surface area (Å²) < 4.78 is 3.77. The van der Waals surface area contributed by atoms with Gasteiger partial charge < -0.3 is 42.5 Å². The van der Waals surface area contributed by atoms with Crippen molar-refractivity contribution in [2.24, 2.45) is 11.5 Å². The molecule has 67 heavy (non-hydrogen) atoms.